The van der Waals surface area contributed by atoms with E-state index < -0.39 is 11.8 Å². The van der Waals surface area contributed by atoms with E-state index in [1.54, 1.807) is 12.1 Å². The van der Waals surface area contributed by atoms with Crippen molar-refractivity contribution in [2.45, 2.75) is 20.8 Å². The van der Waals surface area contributed by atoms with Crippen molar-refractivity contribution in [3.8, 4) is 22.7 Å². The zero-order valence-electron chi connectivity index (χ0n) is 15.9. The van der Waals surface area contributed by atoms with Gasteiger partial charge in [-0.3, -0.25) is 0 Å². The number of benzene rings is 2. The van der Waals surface area contributed by atoms with Gasteiger partial charge in [-0.1, -0.05) is 25.4 Å². The molecule has 1 N–H and O–H groups in total. The zero-order chi connectivity index (χ0) is 20.4. The Bertz CT molecular complexity index is 1030. The van der Waals surface area contributed by atoms with Crippen LogP contribution in [-0.2, 0) is 0 Å². The standard InChI is InChI=1S/C22H21ClFNO3.Na.H/c1-13(2)12-28-21-9-5-15(23)10-18(21)20-8-4-14(3)25(20)16-6-7-19(24)17(11-16)22(26)27;;/h4-11,13H,12H2,1-3H3,(H,26,27);;. The molecule has 0 saturated carbocycles. The third kappa shape index (κ3) is 5.23. The third-order valence-electron chi connectivity index (χ3n) is 4.30. The quantitative estimate of drug-likeness (QED) is 0.543. The van der Waals surface area contributed by atoms with Gasteiger partial charge in [-0.2, -0.15) is 0 Å². The van der Waals surface area contributed by atoms with Gasteiger partial charge in [0.1, 0.15) is 11.6 Å². The van der Waals surface area contributed by atoms with Crippen LogP contribution in [0.4, 0.5) is 4.39 Å². The van der Waals surface area contributed by atoms with Crippen LogP contribution < -0.4 is 4.74 Å². The molecular formula is C22H22ClFNNaO3. The molecule has 0 unspecified atom stereocenters. The number of carboxylic acid groups (broad SMARTS) is 1. The Morgan fingerprint density at radius 3 is 2.55 bits per heavy atom. The molecule has 0 radical (unpaired) electrons. The summed E-state index contributed by atoms with van der Waals surface area (Å²) >= 11 is 6.23. The molecule has 29 heavy (non-hydrogen) atoms. The molecule has 3 rings (SSSR count). The third-order valence-corrected chi connectivity index (χ3v) is 4.54. The van der Waals surface area contributed by atoms with E-state index in [2.05, 4.69) is 13.8 Å². The van der Waals surface area contributed by atoms with E-state index in [1.165, 1.54) is 6.07 Å². The van der Waals surface area contributed by atoms with Crippen LogP contribution in [0.3, 0.4) is 0 Å². The van der Waals surface area contributed by atoms with Crippen molar-refractivity contribution in [1.82, 2.24) is 4.57 Å². The summed E-state index contributed by atoms with van der Waals surface area (Å²) in [4.78, 5) is 11.3. The summed E-state index contributed by atoms with van der Waals surface area (Å²) in [6.45, 7) is 6.57. The molecule has 0 bridgehead atoms. The first-order valence-corrected chi connectivity index (χ1v) is 9.30. The number of nitrogens with zero attached hydrogens (tertiary/aromatic N) is 1. The first-order valence-electron chi connectivity index (χ1n) is 8.92. The Hall–Kier alpha value is -1.79. The first kappa shape index (κ1) is 23.5. The van der Waals surface area contributed by atoms with Crippen LogP contribution in [0.1, 0.15) is 29.9 Å². The van der Waals surface area contributed by atoms with Crippen molar-refractivity contribution in [3.05, 3.63) is 70.6 Å². The van der Waals surface area contributed by atoms with E-state index in [1.807, 2.05) is 35.8 Å². The topological polar surface area (TPSA) is 51.5 Å². The van der Waals surface area contributed by atoms with Crippen molar-refractivity contribution in [2.24, 2.45) is 5.92 Å². The molecule has 2 aromatic carbocycles. The first-order chi connectivity index (χ1) is 13.3. The molecule has 0 spiro atoms. The zero-order valence-corrected chi connectivity index (χ0v) is 16.6. The second-order valence-corrected chi connectivity index (χ2v) is 7.45. The predicted molar refractivity (Wildman–Crippen MR) is 115 cm³/mol. The second-order valence-electron chi connectivity index (χ2n) is 7.01. The molecule has 148 valence electrons. The van der Waals surface area contributed by atoms with Gasteiger partial charge in [0.2, 0.25) is 0 Å². The number of ether oxygens (including phenoxy) is 1. The van der Waals surface area contributed by atoms with Gasteiger partial charge in [-0.25, -0.2) is 9.18 Å². The minimum atomic E-state index is -1.31. The SMILES string of the molecule is Cc1ccc(-c2cc(Cl)ccc2OCC(C)C)n1-c1ccc(F)c(C(=O)O)c1.[NaH]. The fourth-order valence-corrected chi connectivity index (χ4v) is 3.16. The van der Waals surface area contributed by atoms with Crippen LogP contribution in [0.2, 0.25) is 5.02 Å². The molecule has 3 aromatic rings. The number of hydrogen-bond acceptors (Lipinski definition) is 2. The summed E-state index contributed by atoms with van der Waals surface area (Å²) in [5.74, 6) is -1.05. The van der Waals surface area contributed by atoms with Gasteiger partial charge >= 0.3 is 35.5 Å². The van der Waals surface area contributed by atoms with Gasteiger partial charge in [0.15, 0.2) is 0 Å². The van der Waals surface area contributed by atoms with E-state index in [0.29, 0.717) is 29.0 Å². The van der Waals surface area contributed by atoms with E-state index >= 15 is 0 Å². The maximum atomic E-state index is 13.9. The van der Waals surface area contributed by atoms with Crippen molar-refractivity contribution < 1.29 is 19.0 Å². The Labute approximate surface area is 196 Å². The summed E-state index contributed by atoms with van der Waals surface area (Å²) < 4.78 is 21.7. The average Bonchev–Trinajstić information content (AvgIpc) is 3.02. The van der Waals surface area contributed by atoms with Gasteiger partial charge in [0.25, 0.3) is 0 Å². The molecular weight excluding hydrogens is 404 g/mol. The number of aryl methyl sites for hydroxylation is 1. The number of carbonyl (C=O) groups is 1. The molecule has 0 amide bonds. The number of hydrogen-bond donors (Lipinski definition) is 1. The van der Waals surface area contributed by atoms with E-state index in [0.717, 1.165) is 23.0 Å². The van der Waals surface area contributed by atoms with Crippen molar-refractivity contribution in [1.29, 1.82) is 0 Å². The summed E-state index contributed by atoms with van der Waals surface area (Å²) in [6, 6.07) is 13.3. The summed E-state index contributed by atoms with van der Waals surface area (Å²) in [6.07, 6.45) is 0. The Balaban J connectivity index is 0.00000300. The normalized spacial score (nSPS) is 10.7. The Morgan fingerprint density at radius 1 is 1.17 bits per heavy atom. The molecule has 0 aliphatic carbocycles. The van der Waals surface area contributed by atoms with Gasteiger partial charge in [0.05, 0.1) is 17.9 Å². The van der Waals surface area contributed by atoms with Crippen LogP contribution in [0.15, 0.2) is 48.5 Å². The van der Waals surface area contributed by atoms with E-state index in [-0.39, 0.29) is 35.1 Å². The second kappa shape index (κ2) is 9.81. The summed E-state index contributed by atoms with van der Waals surface area (Å²) in [5.41, 5.74) is 2.60. The van der Waals surface area contributed by atoms with Gasteiger partial charge in [-0.15, -0.1) is 0 Å². The van der Waals surface area contributed by atoms with E-state index in [4.69, 9.17) is 16.3 Å². The van der Waals surface area contributed by atoms with Crippen LogP contribution in [0, 0.1) is 18.7 Å². The number of rotatable bonds is 6. The molecule has 0 atom stereocenters. The summed E-state index contributed by atoms with van der Waals surface area (Å²) in [7, 11) is 0. The van der Waals surface area contributed by atoms with Gasteiger partial charge < -0.3 is 14.4 Å². The summed E-state index contributed by atoms with van der Waals surface area (Å²) in [5, 5.41) is 9.82. The predicted octanol–water partition coefficient (Wildman–Crippen LogP) is 5.33. The molecule has 7 heteroatoms. The van der Waals surface area contributed by atoms with Gasteiger partial charge in [-0.05, 0) is 61.4 Å². The molecule has 0 fully saturated rings. The molecule has 1 aromatic heterocycles. The minimum absolute atomic E-state index is 0. The van der Waals surface area contributed by atoms with Crippen LogP contribution in [0.5, 0.6) is 5.75 Å². The number of aromatic nitrogens is 1. The molecule has 4 nitrogen and oxygen atoms in total. The van der Waals surface area contributed by atoms with Crippen molar-refractivity contribution >= 4 is 47.1 Å². The Morgan fingerprint density at radius 2 is 1.90 bits per heavy atom. The number of aromatic carboxylic acids is 1. The van der Waals surface area contributed by atoms with Crippen molar-refractivity contribution in [3.63, 3.8) is 0 Å². The molecule has 1 heterocycles. The van der Waals surface area contributed by atoms with Crippen LogP contribution >= 0.6 is 11.6 Å². The molecule has 0 aliphatic rings. The Kier molecular flexibility index (Phi) is 7.94. The fourth-order valence-electron chi connectivity index (χ4n) is 2.99. The maximum absolute atomic E-state index is 13.9. The van der Waals surface area contributed by atoms with Crippen LogP contribution in [-0.4, -0.2) is 51.8 Å². The molecule has 0 aliphatic heterocycles. The van der Waals surface area contributed by atoms with Crippen LogP contribution in [0.25, 0.3) is 16.9 Å². The fraction of sp³-hybridized carbons (Fsp3) is 0.227. The van der Waals surface area contributed by atoms with E-state index in [9.17, 15) is 14.3 Å². The number of carboxylic acids is 1. The molecule has 0 saturated heterocycles. The average molecular weight is 426 g/mol. The van der Waals surface area contributed by atoms with Crippen molar-refractivity contribution in [2.75, 3.05) is 6.61 Å². The number of halogens is 2. The monoisotopic (exact) mass is 425 g/mol. The van der Waals surface area contributed by atoms with Gasteiger partial charge in [0, 0.05) is 22.0 Å².